The van der Waals surface area contributed by atoms with Crippen molar-refractivity contribution in [2.24, 2.45) is 11.8 Å². The monoisotopic (exact) mass is 303 g/mol. The number of amides is 1. The smallest absolute Gasteiger partial charge is 0.249 e. The molecule has 0 aliphatic heterocycles. The van der Waals surface area contributed by atoms with Crippen LogP contribution in [0.3, 0.4) is 0 Å². The van der Waals surface area contributed by atoms with Gasteiger partial charge in [-0.1, -0.05) is 31.8 Å². The fourth-order valence-electron chi connectivity index (χ4n) is 2.49. The highest BCUT2D eigenvalue weighted by Gasteiger charge is 2.31. The van der Waals surface area contributed by atoms with E-state index < -0.39 is 0 Å². The van der Waals surface area contributed by atoms with Crippen LogP contribution in [0.25, 0.3) is 11.6 Å². The number of carbonyl (C=O) groups is 1. The molecule has 1 N–H and O–H groups in total. The molecule has 3 rings (SSSR count). The summed E-state index contributed by atoms with van der Waals surface area (Å²) in [5.41, 5.74) is 0. The van der Waals surface area contributed by atoms with E-state index in [4.69, 9.17) is 8.94 Å². The van der Waals surface area contributed by atoms with Gasteiger partial charge in [-0.2, -0.15) is 4.98 Å². The molecule has 0 aromatic carbocycles. The normalized spacial score (nSPS) is 17.7. The maximum Gasteiger partial charge on any atom is 0.249 e. The molecule has 1 aliphatic rings. The van der Waals surface area contributed by atoms with Crippen molar-refractivity contribution in [1.29, 1.82) is 0 Å². The van der Waals surface area contributed by atoms with Gasteiger partial charge in [0.1, 0.15) is 6.04 Å². The fourth-order valence-corrected chi connectivity index (χ4v) is 2.49. The minimum absolute atomic E-state index is 0.0919. The molecule has 0 saturated heterocycles. The van der Waals surface area contributed by atoms with Crippen molar-refractivity contribution < 1.29 is 13.7 Å². The molecule has 2 aromatic heterocycles. The summed E-state index contributed by atoms with van der Waals surface area (Å²) in [6.45, 7) is 4.15. The van der Waals surface area contributed by atoms with Crippen molar-refractivity contribution in [3.8, 4) is 11.6 Å². The summed E-state index contributed by atoms with van der Waals surface area (Å²) < 4.78 is 10.6. The standard InChI is InChI=1S/C16H21N3O3/c1-3-10(2)13(17-15(20)11-6-4-7-11)16-18-14(19-22-16)12-8-5-9-21-12/h5,8-11,13H,3-4,6-7H2,1-2H3,(H,17,20). The molecule has 118 valence electrons. The second-order valence-electron chi connectivity index (χ2n) is 5.93. The summed E-state index contributed by atoms with van der Waals surface area (Å²) in [6.07, 6.45) is 5.56. The lowest BCUT2D eigenvalue weighted by molar-refractivity contribution is -0.128. The Hall–Kier alpha value is -2.11. The molecule has 0 spiro atoms. The van der Waals surface area contributed by atoms with E-state index in [-0.39, 0.29) is 23.8 Å². The van der Waals surface area contributed by atoms with Gasteiger partial charge < -0.3 is 14.3 Å². The Morgan fingerprint density at radius 3 is 2.91 bits per heavy atom. The summed E-state index contributed by atoms with van der Waals surface area (Å²) in [7, 11) is 0. The molecule has 1 aliphatic carbocycles. The Balaban J connectivity index is 1.78. The summed E-state index contributed by atoms with van der Waals surface area (Å²) in [5, 5.41) is 7.03. The van der Waals surface area contributed by atoms with Crippen LogP contribution >= 0.6 is 0 Å². The lowest BCUT2D eigenvalue weighted by Gasteiger charge is -2.28. The van der Waals surface area contributed by atoms with Crippen molar-refractivity contribution in [2.45, 2.75) is 45.6 Å². The van der Waals surface area contributed by atoms with Crippen molar-refractivity contribution >= 4 is 5.91 Å². The molecule has 0 radical (unpaired) electrons. The zero-order chi connectivity index (χ0) is 15.5. The van der Waals surface area contributed by atoms with Gasteiger partial charge in [0.25, 0.3) is 0 Å². The zero-order valence-corrected chi connectivity index (χ0v) is 12.9. The van der Waals surface area contributed by atoms with Crippen LogP contribution in [0.2, 0.25) is 0 Å². The number of aromatic nitrogens is 2. The third-order valence-electron chi connectivity index (χ3n) is 4.44. The van der Waals surface area contributed by atoms with Crippen molar-refractivity contribution in [3.05, 3.63) is 24.3 Å². The highest BCUT2D eigenvalue weighted by Crippen LogP contribution is 2.30. The van der Waals surface area contributed by atoms with Crippen LogP contribution in [0.5, 0.6) is 0 Å². The number of carbonyl (C=O) groups excluding carboxylic acids is 1. The van der Waals surface area contributed by atoms with Gasteiger partial charge in [0.05, 0.1) is 6.26 Å². The second kappa shape index (κ2) is 6.34. The summed E-state index contributed by atoms with van der Waals surface area (Å²) in [6, 6.07) is 3.30. The van der Waals surface area contributed by atoms with Crippen LogP contribution in [-0.4, -0.2) is 16.0 Å². The Labute approximate surface area is 129 Å². The number of rotatable bonds is 6. The van der Waals surface area contributed by atoms with Crippen LogP contribution in [0.4, 0.5) is 0 Å². The van der Waals surface area contributed by atoms with Crippen molar-refractivity contribution in [1.82, 2.24) is 15.5 Å². The predicted octanol–water partition coefficient (Wildman–Crippen LogP) is 3.33. The van der Waals surface area contributed by atoms with Crippen LogP contribution in [-0.2, 0) is 4.79 Å². The first-order valence-electron chi connectivity index (χ1n) is 7.87. The van der Waals surface area contributed by atoms with Crippen LogP contribution in [0.1, 0.15) is 51.5 Å². The van der Waals surface area contributed by atoms with Crippen molar-refractivity contribution in [3.63, 3.8) is 0 Å². The number of nitrogens with zero attached hydrogens (tertiary/aromatic N) is 2. The third-order valence-corrected chi connectivity index (χ3v) is 4.44. The Kier molecular flexibility index (Phi) is 4.27. The molecule has 22 heavy (non-hydrogen) atoms. The maximum atomic E-state index is 12.2. The highest BCUT2D eigenvalue weighted by atomic mass is 16.5. The van der Waals surface area contributed by atoms with E-state index >= 15 is 0 Å². The first-order chi connectivity index (χ1) is 10.7. The van der Waals surface area contributed by atoms with Crippen LogP contribution < -0.4 is 5.32 Å². The second-order valence-corrected chi connectivity index (χ2v) is 5.93. The molecular weight excluding hydrogens is 282 g/mol. The van der Waals surface area contributed by atoms with Crippen LogP contribution in [0, 0.1) is 11.8 Å². The minimum Gasteiger partial charge on any atom is -0.461 e. The van der Waals surface area contributed by atoms with E-state index in [1.165, 1.54) is 0 Å². The minimum atomic E-state index is -0.255. The first-order valence-corrected chi connectivity index (χ1v) is 7.87. The largest absolute Gasteiger partial charge is 0.461 e. The first kappa shape index (κ1) is 14.8. The van der Waals surface area contributed by atoms with Gasteiger partial charge in [-0.3, -0.25) is 4.79 Å². The molecule has 2 aromatic rings. The van der Waals surface area contributed by atoms with Gasteiger partial charge in [0.15, 0.2) is 5.76 Å². The molecule has 1 fully saturated rings. The number of nitrogens with one attached hydrogen (secondary N) is 1. The topological polar surface area (TPSA) is 81.2 Å². The van der Waals surface area contributed by atoms with E-state index in [9.17, 15) is 4.79 Å². The molecule has 0 bridgehead atoms. The van der Waals surface area contributed by atoms with E-state index in [1.54, 1.807) is 18.4 Å². The van der Waals surface area contributed by atoms with Gasteiger partial charge in [-0.15, -0.1) is 0 Å². The highest BCUT2D eigenvalue weighted by molar-refractivity contribution is 5.79. The Bertz CT molecular complexity index is 616. The lowest BCUT2D eigenvalue weighted by atomic mass is 9.84. The molecule has 6 nitrogen and oxygen atoms in total. The van der Waals surface area contributed by atoms with Gasteiger partial charge in [-0.05, 0) is 30.9 Å². The van der Waals surface area contributed by atoms with E-state index in [2.05, 4.69) is 29.3 Å². The predicted molar refractivity (Wildman–Crippen MR) is 79.7 cm³/mol. The SMILES string of the molecule is CCC(C)C(NC(=O)C1CCC1)c1nc(-c2ccco2)no1. The Morgan fingerprint density at radius 1 is 1.50 bits per heavy atom. The summed E-state index contributed by atoms with van der Waals surface area (Å²) in [5.74, 6) is 1.85. The van der Waals surface area contributed by atoms with Gasteiger partial charge in [0, 0.05) is 5.92 Å². The Morgan fingerprint density at radius 2 is 2.32 bits per heavy atom. The quantitative estimate of drug-likeness (QED) is 0.885. The molecule has 1 amide bonds. The number of furan rings is 1. The van der Waals surface area contributed by atoms with Gasteiger partial charge >= 0.3 is 0 Å². The van der Waals surface area contributed by atoms with Crippen molar-refractivity contribution in [2.75, 3.05) is 0 Å². The average molecular weight is 303 g/mol. The fraction of sp³-hybridized carbons (Fsp3) is 0.562. The third kappa shape index (κ3) is 2.91. The molecule has 1 saturated carbocycles. The van der Waals surface area contributed by atoms with E-state index in [0.717, 1.165) is 25.7 Å². The zero-order valence-electron chi connectivity index (χ0n) is 12.9. The molecule has 2 atom stereocenters. The van der Waals surface area contributed by atoms with E-state index in [1.807, 2.05) is 0 Å². The summed E-state index contributed by atoms with van der Waals surface area (Å²) >= 11 is 0. The molecule has 2 heterocycles. The summed E-state index contributed by atoms with van der Waals surface area (Å²) in [4.78, 5) is 16.6. The van der Waals surface area contributed by atoms with Gasteiger partial charge in [-0.25, -0.2) is 0 Å². The van der Waals surface area contributed by atoms with E-state index in [0.29, 0.717) is 17.5 Å². The molecule has 2 unspecified atom stereocenters. The van der Waals surface area contributed by atoms with Gasteiger partial charge in [0.2, 0.25) is 17.6 Å². The number of hydrogen-bond donors (Lipinski definition) is 1. The number of hydrogen-bond acceptors (Lipinski definition) is 5. The lowest BCUT2D eigenvalue weighted by Crippen LogP contribution is -2.39. The average Bonchev–Trinajstić information content (AvgIpc) is 3.12. The maximum absolute atomic E-state index is 12.2. The molecule has 6 heteroatoms. The molecular formula is C16H21N3O3. The van der Waals surface area contributed by atoms with Crippen LogP contribution in [0.15, 0.2) is 27.3 Å².